The maximum Gasteiger partial charge on any atom is 0.209 e. The van der Waals surface area contributed by atoms with E-state index in [1.165, 1.54) is 6.26 Å². The third kappa shape index (κ3) is 4.06. The molecule has 0 saturated heterocycles. The standard InChI is InChI=1S/C8H18N2O2S/c1-13(11,12)10-8-6-4-2-3-5-7(8)9/h7-8,10H,2-6,9H2,1H3. The van der Waals surface area contributed by atoms with Gasteiger partial charge in [-0.3, -0.25) is 0 Å². The first-order valence-electron chi connectivity index (χ1n) is 4.72. The lowest BCUT2D eigenvalue weighted by molar-refractivity contribution is 0.458. The van der Waals surface area contributed by atoms with E-state index in [2.05, 4.69) is 4.72 Å². The predicted molar refractivity (Wildman–Crippen MR) is 52.8 cm³/mol. The summed E-state index contributed by atoms with van der Waals surface area (Å²) in [5.41, 5.74) is 5.86. The first kappa shape index (κ1) is 10.9. The van der Waals surface area contributed by atoms with Crippen LogP contribution in [0.2, 0.25) is 0 Å². The zero-order valence-electron chi connectivity index (χ0n) is 7.99. The number of nitrogens with one attached hydrogen (secondary N) is 1. The molecule has 0 spiro atoms. The van der Waals surface area contributed by atoms with Crippen molar-refractivity contribution in [3.05, 3.63) is 0 Å². The van der Waals surface area contributed by atoms with E-state index in [1.54, 1.807) is 0 Å². The van der Waals surface area contributed by atoms with Crippen LogP contribution in [-0.2, 0) is 10.0 Å². The van der Waals surface area contributed by atoms with Gasteiger partial charge in [0.25, 0.3) is 0 Å². The van der Waals surface area contributed by atoms with Crippen LogP contribution >= 0.6 is 0 Å². The minimum atomic E-state index is -3.10. The molecule has 0 amide bonds. The quantitative estimate of drug-likeness (QED) is 0.634. The van der Waals surface area contributed by atoms with E-state index in [-0.39, 0.29) is 12.1 Å². The SMILES string of the molecule is CS(=O)(=O)NC1CCCCCC1N. The van der Waals surface area contributed by atoms with Gasteiger partial charge in [-0.1, -0.05) is 19.3 Å². The van der Waals surface area contributed by atoms with Gasteiger partial charge in [0.05, 0.1) is 6.26 Å². The summed E-state index contributed by atoms with van der Waals surface area (Å²) in [5, 5.41) is 0. The number of hydrogen-bond acceptors (Lipinski definition) is 3. The molecule has 0 aromatic carbocycles. The van der Waals surface area contributed by atoms with Crippen LogP contribution in [0, 0.1) is 0 Å². The largest absolute Gasteiger partial charge is 0.326 e. The molecule has 1 aliphatic carbocycles. The zero-order chi connectivity index (χ0) is 9.90. The average molecular weight is 206 g/mol. The molecule has 0 radical (unpaired) electrons. The first-order chi connectivity index (χ1) is 5.99. The molecule has 0 aromatic heterocycles. The molecule has 4 nitrogen and oxygen atoms in total. The maximum atomic E-state index is 11.0. The topological polar surface area (TPSA) is 72.2 Å². The molecular weight excluding hydrogens is 188 g/mol. The second-order valence-corrected chi connectivity index (χ2v) is 5.58. The van der Waals surface area contributed by atoms with Crippen molar-refractivity contribution in [3.8, 4) is 0 Å². The van der Waals surface area contributed by atoms with Crippen LogP contribution < -0.4 is 10.5 Å². The van der Waals surface area contributed by atoms with Gasteiger partial charge in [-0.05, 0) is 12.8 Å². The van der Waals surface area contributed by atoms with Gasteiger partial charge in [-0.15, -0.1) is 0 Å². The van der Waals surface area contributed by atoms with E-state index in [0.29, 0.717) is 0 Å². The van der Waals surface area contributed by atoms with E-state index in [1.807, 2.05) is 0 Å². The van der Waals surface area contributed by atoms with E-state index < -0.39 is 10.0 Å². The highest BCUT2D eigenvalue weighted by Crippen LogP contribution is 2.16. The lowest BCUT2D eigenvalue weighted by Crippen LogP contribution is -2.46. The second kappa shape index (κ2) is 4.39. The Morgan fingerprint density at radius 3 is 2.46 bits per heavy atom. The maximum absolute atomic E-state index is 11.0. The number of hydrogen-bond donors (Lipinski definition) is 2. The van der Waals surface area contributed by atoms with Crippen LogP contribution in [0.4, 0.5) is 0 Å². The summed E-state index contributed by atoms with van der Waals surface area (Å²) in [6.07, 6.45) is 6.33. The van der Waals surface area contributed by atoms with Gasteiger partial charge >= 0.3 is 0 Å². The number of nitrogens with two attached hydrogens (primary N) is 1. The molecule has 1 fully saturated rings. The molecule has 2 atom stereocenters. The highest BCUT2D eigenvalue weighted by atomic mass is 32.2. The Kier molecular flexibility index (Phi) is 3.70. The molecule has 5 heteroatoms. The summed E-state index contributed by atoms with van der Waals surface area (Å²) in [4.78, 5) is 0. The van der Waals surface area contributed by atoms with Gasteiger partial charge in [-0.2, -0.15) is 0 Å². The third-order valence-electron chi connectivity index (χ3n) is 2.43. The predicted octanol–water partition coefficient (Wildman–Crippen LogP) is 0.196. The lowest BCUT2D eigenvalue weighted by atomic mass is 10.1. The molecular formula is C8H18N2O2S. The van der Waals surface area contributed by atoms with Crippen molar-refractivity contribution >= 4 is 10.0 Å². The Balaban J connectivity index is 2.55. The van der Waals surface area contributed by atoms with Gasteiger partial charge in [0, 0.05) is 12.1 Å². The lowest BCUT2D eigenvalue weighted by Gasteiger charge is -2.21. The van der Waals surface area contributed by atoms with Crippen LogP contribution in [0.25, 0.3) is 0 Å². The van der Waals surface area contributed by atoms with Crippen molar-refractivity contribution in [1.82, 2.24) is 4.72 Å². The van der Waals surface area contributed by atoms with E-state index >= 15 is 0 Å². The minimum absolute atomic E-state index is 0.0165. The Morgan fingerprint density at radius 2 is 1.85 bits per heavy atom. The van der Waals surface area contributed by atoms with Gasteiger partial charge in [0.2, 0.25) is 10.0 Å². The summed E-state index contributed by atoms with van der Waals surface area (Å²) in [6.45, 7) is 0. The van der Waals surface area contributed by atoms with Gasteiger partial charge in [0.15, 0.2) is 0 Å². The van der Waals surface area contributed by atoms with E-state index in [0.717, 1.165) is 32.1 Å². The third-order valence-corrected chi connectivity index (χ3v) is 3.17. The number of sulfonamides is 1. The molecule has 1 aliphatic rings. The van der Waals surface area contributed by atoms with Crippen LogP contribution in [0.1, 0.15) is 32.1 Å². The van der Waals surface area contributed by atoms with Crippen molar-refractivity contribution in [3.63, 3.8) is 0 Å². The summed E-state index contributed by atoms with van der Waals surface area (Å²) in [5.74, 6) is 0. The normalized spacial score (nSPS) is 31.2. The van der Waals surface area contributed by atoms with Crippen LogP contribution in [0.15, 0.2) is 0 Å². The van der Waals surface area contributed by atoms with E-state index in [9.17, 15) is 8.42 Å². The molecule has 13 heavy (non-hydrogen) atoms. The Labute approximate surface area is 79.9 Å². The van der Waals surface area contributed by atoms with Crippen molar-refractivity contribution in [2.75, 3.05) is 6.26 Å². The fourth-order valence-electron chi connectivity index (χ4n) is 1.76. The monoisotopic (exact) mass is 206 g/mol. The molecule has 0 heterocycles. The van der Waals surface area contributed by atoms with Gasteiger partial charge < -0.3 is 5.73 Å². The number of rotatable bonds is 2. The molecule has 2 unspecified atom stereocenters. The Bertz CT molecular complexity index is 251. The molecule has 0 aromatic rings. The zero-order valence-corrected chi connectivity index (χ0v) is 8.81. The van der Waals surface area contributed by atoms with Crippen LogP contribution in [0.5, 0.6) is 0 Å². The van der Waals surface area contributed by atoms with Gasteiger partial charge in [-0.25, -0.2) is 13.1 Å². The highest BCUT2D eigenvalue weighted by molar-refractivity contribution is 7.88. The summed E-state index contributed by atoms with van der Waals surface area (Å²) < 4.78 is 24.6. The van der Waals surface area contributed by atoms with Crippen LogP contribution in [-0.4, -0.2) is 26.8 Å². The molecule has 0 aliphatic heterocycles. The van der Waals surface area contributed by atoms with Crippen molar-refractivity contribution < 1.29 is 8.42 Å². The minimum Gasteiger partial charge on any atom is -0.326 e. The molecule has 1 saturated carbocycles. The first-order valence-corrected chi connectivity index (χ1v) is 6.61. The second-order valence-electron chi connectivity index (χ2n) is 3.80. The molecule has 1 rings (SSSR count). The average Bonchev–Trinajstić information content (AvgIpc) is 2.14. The summed E-state index contributed by atoms with van der Waals surface area (Å²) >= 11 is 0. The smallest absolute Gasteiger partial charge is 0.209 e. The van der Waals surface area contributed by atoms with Crippen molar-refractivity contribution in [2.45, 2.75) is 44.2 Å². The van der Waals surface area contributed by atoms with Crippen molar-refractivity contribution in [1.29, 1.82) is 0 Å². The fourth-order valence-corrected chi connectivity index (χ4v) is 2.60. The molecule has 3 N–H and O–H groups in total. The van der Waals surface area contributed by atoms with Crippen molar-refractivity contribution in [2.24, 2.45) is 5.73 Å². The highest BCUT2D eigenvalue weighted by Gasteiger charge is 2.22. The summed E-state index contributed by atoms with van der Waals surface area (Å²) in [7, 11) is -3.10. The van der Waals surface area contributed by atoms with E-state index in [4.69, 9.17) is 5.73 Å². The molecule has 0 bridgehead atoms. The fraction of sp³-hybridized carbons (Fsp3) is 1.00. The Hall–Kier alpha value is -0.130. The van der Waals surface area contributed by atoms with Gasteiger partial charge in [0.1, 0.15) is 0 Å². The Morgan fingerprint density at radius 1 is 1.23 bits per heavy atom. The van der Waals surface area contributed by atoms with Crippen LogP contribution in [0.3, 0.4) is 0 Å². The summed E-state index contributed by atoms with van der Waals surface area (Å²) in [6, 6.07) is -0.0743. The molecule has 78 valence electrons.